The molecule has 2 aliphatic carbocycles. The first-order chi connectivity index (χ1) is 8.99. The molecule has 0 spiro atoms. The highest BCUT2D eigenvalue weighted by Crippen LogP contribution is 2.26. The Morgan fingerprint density at radius 2 is 1.95 bits per heavy atom. The van der Waals surface area contributed by atoms with Crippen molar-refractivity contribution >= 4 is 5.97 Å². The van der Waals surface area contributed by atoms with Crippen LogP contribution in [0.3, 0.4) is 0 Å². The van der Waals surface area contributed by atoms with Crippen molar-refractivity contribution in [3.05, 3.63) is 0 Å². The summed E-state index contributed by atoms with van der Waals surface area (Å²) in [6.07, 6.45) is 8.37. The molecule has 0 saturated heterocycles. The van der Waals surface area contributed by atoms with Gasteiger partial charge in [0.15, 0.2) is 0 Å². The monoisotopic (exact) mass is 268 g/mol. The number of carboxylic acids is 1. The quantitative estimate of drug-likeness (QED) is 0.708. The molecule has 2 N–H and O–H groups in total. The molecule has 4 heteroatoms. The first-order valence-electron chi connectivity index (χ1n) is 7.69. The molecule has 2 rings (SSSR count). The Kier molecular flexibility index (Phi) is 4.85. The summed E-state index contributed by atoms with van der Waals surface area (Å²) in [7, 11) is 2.12. The van der Waals surface area contributed by atoms with Gasteiger partial charge in [0, 0.05) is 19.1 Å². The van der Waals surface area contributed by atoms with Crippen LogP contribution in [0.1, 0.15) is 51.9 Å². The normalized spacial score (nSPS) is 23.7. The van der Waals surface area contributed by atoms with Crippen LogP contribution in [0, 0.1) is 5.92 Å². The molecule has 0 aliphatic heterocycles. The van der Waals surface area contributed by atoms with Crippen LogP contribution >= 0.6 is 0 Å². The summed E-state index contributed by atoms with van der Waals surface area (Å²) in [5, 5.41) is 12.7. The number of carboxylic acid groups (broad SMARTS) is 1. The predicted octanol–water partition coefficient (Wildman–Crippen LogP) is 2.09. The van der Waals surface area contributed by atoms with Gasteiger partial charge in [-0.3, -0.25) is 10.1 Å². The van der Waals surface area contributed by atoms with Crippen molar-refractivity contribution in [2.75, 3.05) is 20.1 Å². The lowest BCUT2D eigenvalue weighted by Crippen LogP contribution is -2.52. The summed E-state index contributed by atoms with van der Waals surface area (Å²) >= 11 is 0. The zero-order chi connectivity index (χ0) is 13.9. The highest BCUT2D eigenvalue weighted by molar-refractivity contribution is 5.78. The van der Waals surface area contributed by atoms with Gasteiger partial charge in [0.25, 0.3) is 0 Å². The SMILES string of the molecule is CN(CCC(C)(NC1CC1)C(=O)O)CC1CCCC1. The summed E-state index contributed by atoms with van der Waals surface area (Å²) in [4.78, 5) is 13.8. The molecule has 110 valence electrons. The molecule has 4 nitrogen and oxygen atoms in total. The highest BCUT2D eigenvalue weighted by atomic mass is 16.4. The Bertz CT molecular complexity index is 311. The standard InChI is InChI=1S/C15H28N2O2/c1-15(14(18)19,16-13-7-8-13)9-10-17(2)11-12-5-3-4-6-12/h12-13,16H,3-11H2,1-2H3,(H,18,19). The van der Waals surface area contributed by atoms with Crippen LogP contribution in [0.15, 0.2) is 0 Å². The van der Waals surface area contributed by atoms with E-state index < -0.39 is 11.5 Å². The fraction of sp³-hybridized carbons (Fsp3) is 0.933. The minimum atomic E-state index is -0.759. The lowest BCUT2D eigenvalue weighted by molar-refractivity contribution is -0.144. The van der Waals surface area contributed by atoms with Crippen molar-refractivity contribution in [1.82, 2.24) is 10.2 Å². The molecule has 0 amide bonds. The van der Waals surface area contributed by atoms with Gasteiger partial charge in [-0.05, 0) is 52.0 Å². The second kappa shape index (κ2) is 6.23. The maximum absolute atomic E-state index is 11.5. The molecule has 0 aromatic carbocycles. The second-order valence-electron chi connectivity index (χ2n) is 6.72. The molecule has 0 radical (unpaired) electrons. The molecule has 2 aliphatic rings. The van der Waals surface area contributed by atoms with E-state index in [4.69, 9.17) is 0 Å². The third-order valence-corrected chi connectivity index (χ3v) is 4.61. The molecule has 2 saturated carbocycles. The smallest absolute Gasteiger partial charge is 0.323 e. The van der Waals surface area contributed by atoms with Crippen molar-refractivity contribution in [3.8, 4) is 0 Å². The zero-order valence-corrected chi connectivity index (χ0v) is 12.3. The van der Waals surface area contributed by atoms with E-state index >= 15 is 0 Å². The second-order valence-corrected chi connectivity index (χ2v) is 6.72. The summed E-state index contributed by atoms with van der Waals surface area (Å²) in [6, 6.07) is 0.432. The van der Waals surface area contributed by atoms with E-state index in [2.05, 4.69) is 17.3 Å². The zero-order valence-electron chi connectivity index (χ0n) is 12.3. The molecule has 19 heavy (non-hydrogen) atoms. The Morgan fingerprint density at radius 1 is 1.32 bits per heavy atom. The topological polar surface area (TPSA) is 52.6 Å². The number of rotatable bonds is 8. The van der Waals surface area contributed by atoms with Gasteiger partial charge in [-0.2, -0.15) is 0 Å². The molecular formula is C15H28N2O2. The van der Waals surface area contributed by atoms with Gasteiger partial charge < -0.3 is 10.0 Å². The lowest BCUT2D eigenvalue weighted by Gasteiger charge is -2.29. The highest BCUT2D eigenvalue weighted by Gasteiger charge is 2.38. The molecule has 2 fully saturated rings. The molecule has 1 unspecified atom stereocenters. The van der Waals surface area contributed by atoms with Gasteiger partial charge in [0.2, 0.25) is 0 Å². The fourth-order valence-corrected chi connectivity index (χ4v) is 3.06. The van der Waals surface area contributed by atoms with Crippen LogP contribution in [-0.2, 0) is 4.79 Å². The first kappa shape index (κ1) is 14.8. The first-order valence-corrected chi connectivity index (χ1v) is 7.69. The minimum absolute atomic E-state index is 0.432. The van der Waals surface area contributed by atoms with E-state index in [0.29, 0.717) is 12.5 Å². The third kappa shape index (κ3) is 4.46. The average Bonchev–Trinajstić information content (AvgIpc) is 3.00. The van der Waals surface area contributed by atoms with Crippen LogP contribution in [-0.4, -0.2) is 47.7 Å². The number of hydrogen-bond donors (Lipinski definition) is 2. The van der Waals surface area contributed by atoms with E-state index in [1.54, 1.807) is 0 Å². The lowest BCUT2D eigenvalue weighted by atomic mass is 9.97. The van der Waals surface area contributed by atoms with Gasteiger partial charge in [-0.25, -0.2) is 0 Å². The van der Waals surface area contributed by atoms with E-state index in [-0.39, 0.29) is 0 Å². The van der Waals surface area contributed by atoms with E-state index in [1.807, 2.05) is 6.92 Å². The van der Waals surface area contributed by atoms with E-state index in [9.17, 15) is 9.90 Å². The number of carbonyl (C=O) groups is 1. The van der Waals surface area contributed by atoms with E-state index in [0.717, 1.165) is 31.8 Å². The minimum Gasteiger partial charge on any atom is -0.480 e. The molecule has 0 aromatic heterocycles. The molecule has 0 heterocycles. The maximum Gasteiger partial charge on any atom is 0.323 e. The Morgan fingerprint density at radius 3 is 2.47 bits per heavy atom. The average molecular weight is 268 g/mol. The van der Waals surface area contributed by atoms with Crippen molar-refractivity contribution < 1.29 is 9.90 Å². The number of hydrogen-bond acceptors (Lipinski definition) is 3. The number of nitrogens with zero attached hydrogens (tertiary/aromatic N) is 1. The summed E-state index contributed by atoms with van der Waals surface area (Å²) < 4.78 is 0. The number of aliphatic carboxylic acids is 1. The van der Waals surface area contributed by atoms with Gasteiger partial charge in [-0.1, -0.05) is 12.8 Å². The van der Waals surface area contributed by atoms with Crippen LogP contribution in [0.2, 0.25) is 0 Å². The molecule has 0 aromatic rings. The van der Waals surface area contributed by atoms with Gasteiger partial charge in [0.05, 0.1) is 0 Å². The predicted molar refractivity (Wildman–Crippen MR) is 76.3 cm³/mol. The Hall–Kier alpha value is -0.610. The third-order valence-electron chi connectivity index (χ3n) is 4.61. The Labute approximate surface area is 116 Å². The van der Waals surface area contributed by atoms with Crippen LogP contribution in [0.5, 0.6) is 0 Å². The molecule has 1 atom stereocenters. The van der Waals surface area contributed by atoms with Crippen LogP contribution in [0.4, 0.5) is 0 Å². The van der Waals surface area contributed by atoms with Crippen molar-refractivity contribution in [1.29, 1.82) is 0 Å². The van der Waals surface area contributed by atoms with Gasteiger partial charge in [-0.15, -0.1) is 0 Å². The maximum atomic E-state index is 11.5. The summed E-state index contributed by atoms with van der Waals surface area (Å²) in [5.74, 6) is 0.117. The fourth-order valence-electron chi connectivity index (χ4n) is 3.06. The van der Waals surface area contributed by atoms with Crippen LogP contribution in [0.25, 0.3) is 0 Å². The van der Waals surface area contributed by atoms with Crippen LogP contribution < -0.4 is 5.32 Å². The summed E-state index contributed by atoms with van der Waals surface area (Å²) in [6.45, 7) is 3.81. The molecular weight excluding hydrogens is 240 g/mol. The van der Waals surface area contributed by atoms with E-state index in [1.165, 1.54) is 25.7 Å². The largest absolute Gasteiger partial charge is 0.480 e. The van der Waals surface area contributed by atoms with Gasteiger partial charge >= 0.3 is 5.97 Å². The molecule has 0 bridgehead atoms. The summed E-state index contributed by atoms with van der Waals surface area (Å²) in [5.41, 5.74) is -0.759. The Balaban J connectivity index is 1.75. The van der Waals surface area contributed by atoms with Crippen molar-refractivity contribution in [2.24, 2.45) is 5.92 Å². The van der Waals surface area contributed by atoms with Crippen molar-refractivity contribution in [2.45, 2.75) is 63.5 Å². The number of nitrogens with one attached hydrogen (secondary N) is 1. The van der Waals surface area contributed by atoms with Crippen molar-refractivity contribution in [3.63, 3.8) is 0 Å². The van der Waals surface area contributed by atoms with Gasteiger partial charge in [0.1, 0.15) is 5.54 Å².